The van der Waals surface area contributed by atoms with Gasteiger partial charge in [-0.3, -0.25) is 5.43 Å². The third-order valence-corrected chi connectivity index (χ3v) is 2.73. The number of nitrogen functional groups attached to an aromatic ring is 1. The van der Waals surface area contributed by atoms with E-state index in [-0.39, 0.29) is 36.9 Å². The minimum atomic E-state index is -4.37. The van der Waals surface area contributed by atoms with Crippen LogP contribution in [0.2, 0.25) is 0 Å². The van der Waals surface area contributed by atoms with E-state index in [0.717, 1.165) is 0 Å². The summed E-state index contributed by atoms with van der Waals surface area (Å²) in [4.78, 5) is 11.4. The fourth-order valence-electron chi connectivity index (χ4n) is 1.56. The Morgan fingerprint density at radius 1 is 1.20 bits per heavy atom. The van der Waals surface area contributed by atoms with Gasteiger partial charge >= 0.3 is 12.2 Å². The molecule has 0 bridgehead atoms. The number of anilines is 2. The van der Waals surface area contributed by atoms with Crippen molar-refractivity contribution >= 4 is 11.9 Å². The molecular formula is C10H15F3N6O. The number of rotatable bonds is 5. The average molecular weight is 292 g/mol. The molecule has 1 aromatic heterocycles. The summed E-state index contributed by atoms with van der Waals surface area (Å²) in [5, 5.41) is 2.29. The lowest BCUT2D eigenvalue weighted by molar-refractivity contribution is -0.151. The fraction of sp³-hybridized carbons (Fsp3) is 0.700. The lowest BCUT2D eigenvalue weighted by atomic mass is 10.3. The second-order valence-corrected chi connectivity index (χ2v) is 4.78. The van der Waals surface area contributed by atoms with Crippen LogP contribution in [0.25, 0.3) is 0 Å². The molecule has 1 heterocycles. The first-order valence-electron chi connectivity index (χ1n) is 6.00. The van der Waals surface area contributed by atoms with E-state index in [1.54, 1.807) is 13.8 Å². The van der Waals surface area contributed by atoms with E-state index in [1.165, 1.54) is 0 Å². The fourth-order valence-corrected chi connectivity index (χ4v) is 1.56. The monoisotopic (exact) mass is 292 g/mol. The van der Waals surface area contributed by atoms with Crippen molar-refractivity contribution in [3.05, 3.63) is 0 Å². The van der Waals surface area contributed by atoms with Crippen LogP contribution in [0.4, 0.5) is 25.1 Å². The van der Waals surface area contributed by atoms with Crippen molar-refractivity contribution in [3.8, 4) is 6.01 Å². The first kappa shape index (κ1) is 14.6. The Morgan fingerprint density at radius 2 is 1.80 bits per heavy atom. The minimum Gasteiger partial charge on any atom is -0.461 e. The van der Waals surface area contributed by atoms with E-state index in [4.69, 9.17) is 10.6 Å². The molecule has 0 amide bonds. The van der Waals surface area contributed by atoms with Gasteiger partial charge in [0.25, 0.3) is 0 Å². The summed E-state index contributed by atoms with van der Waals surface area (Å²) in [6.45, 7) is 3.48. The van der Waals surface area contributed by atoms with Crippen LogP contribution < -0.4 is 21.3 Å². The van der Waals surface area contributed by atoms with Crippen LogP contribution in [0.1, 0.15) is 26.7 Å². The summed E-state index contributed by atoms with van der Waals surface area (Å²) >= 11 is 0. The topological polar surface area (TPSA) is 98.0 Å². The molecule has 0 aromatic carbocycles. The Bertz CT molecular complexity index is 488. The Labute approximate surface area is 113 Å². The Hall–Kier alpha value is -1.84. The number of hydrogen-bond acceptors (Lipinski definition) is 7. The van der Waals surface area contributed by atoms with Gasteiger partial charge in [0.05, 0.1) is 6.10 Å². The highest BCUT2D eigenvalue weighted by Crippen LogP contribution is 2.50. The zero-order chi connectivity index (χ0) is 15.0. The maximum Gasteiger partial charge on any atom is 0.411 e. The first-order chi connectivity index (χ1) is 9.25. The number of hydrazine groups is 1. The molecule has 0 atom stereocenters. The molecule has 4 N–H and O–H groups in total. The number of nitrogens with two attached hydrogens (primary N) is 1. The van der Waals surface area contributed by atoms with E-state index in [0.29, 0.717) is 0 Å². The van der Waals surface area contributed by atoms with Crippen LogP contribution in [0.5, 0.6) is 6.01 Å². The van der Waals surface area contributed by atoms with Crippen LogP contribution in [0.15, 0.2) is 0 Å². The van der Waals surface area contributed by atoms with E-state index in [1.807, 2.05) is 0 Å². The number of nitrogens with zero attached hydrogens (tertiary/aromatic N) is 3. The molecule has 1 aliphatic rings. The maximum absolute atomic E-state index is 12.9. The van der Waals surface area contributed by atoms with E-state index in [9.17, 15) is 13.2 Å². The SMILES string of the molecule is CC(C)Oc1nc(NN)nc(NC2(C(F)(F)F)CC2)n1. The summed E-state index contributed by atoms with van der Waals surface area (Å²) in [7, 11) is 0. The summed E-state index contributed by atoms with van der Waals surface area (Å²) in [6, 6.07) is -0.0941. The number of hydrogen-bond donors (Lipinski definition) is 3. The van der Waals surface area contributed by atoms with Gasteiger partial charge in [-0.05, 0) is 26.7 Å². The molecule has 1 aliphatic carbocycles. The van der Waals surface area contributed by atoms with Crippen LogP contribution >= 0.6 is 0 Å². The molecule has 1 saturated carbocycles. The van der Waals surface area contributed by atoms with Gasteiger partial charge in [-0.15, -0.1) is 0 Å². The van der Waals surface area contributed by atoms with Gasteiger partial charge in [0.2, 0.25) is 11.9 Å². The van der Waals surface area contributed by atoms with Gasteiger partial charge in [0.15, 0.2) is 0 Å². The van der Waals surface area contributed by atoms with E-state index < -0.39 is 11.7 Å². The van der Waals surface area contributed by atoms with Gasteiger partial charge in [-0.25, -0.2) is 5.84 Å². The highest BCUT2D eigenvalue weighted by molar-refractivity contribution is 5.40. The van der Waals surface area contributed by atoms with Crippen LogP contribution in [-0.2, 0) is 0 Å². The zero-order valence-corrected chi connectivity index (χ0v) is 11.0. The molecule has 7 nitrogen and oxygen atoms in total. The zero-order valence-electron chi connectivity index (χ0n) is 11.0. The van der Waals surface area contributed by atoms with Crippen molar-refractivity contribution in [1.29, 1.82) is 0 Å². The Kier molecular flexibility index (Phi) is 3.59. The first-order valence-corrected chi connectivity index (χ1v) is 6.00. The third-order valence-electron chi connectivity index (χ3n) is 2.73. The Morgan fingerprint density at radius 3 is 2.25 bits per heavy atom. The van der Waals surface area contributed by atoms with Crippen LogP contribution in [0, 0.1) is 0 Å². The van der Waals surface area contributed by atoms with Gasteiger partial charge < -0.3 is 10.1 Å². The Balaban J connectivity index is 2.23. The van der Waals surface area contributed by atoms with Gasteiger partial charge in [0.1, 0.15) is 5.54 Å². The maximum atomic E-state index is 12.9. The van der Waals surface area contributed by atoms with Crippen LogP contribution in [0.3, 0.4) is 0 Å². The second-order valence-electron chi connectivity index (χ2n) is 4.78. The summed E-state index contributed by atoms with van der Waals surface area (Å²) in [6.07, 6.45) is -4.63. The third kappa shape index (κ3) is 3.00. The predicted molar refractivity (Wildman–Crippen MR) is 65.0 cm³/mol. The van der Waals surface area contributed by atoms with Crippen molar-refractivity contribution in [2.75, 3.05) is 10.7 Å². The smallest absolute Gasteiger partial charge is 0.411 e. The highest BCUT2D eigenvalue weighted by atomic mass is 19.4. The molecule has 10 heteroatoms. The standard InChI is InChI=1S/C10H15F3N6O/c1-5(2)20-8-16-6(15-7(17-8)19-14)18-9(3-4-9)10(11,12)13/h5H,3-4,14H2,1-2H3,(H2,15,16,17,18,19). The molecule has 0 spiro atoms. The van der Waals surface area contributed by atoms with Crippen molar-refractivity contribution < 1.29 is 17.9 Å². The van der Waals surface area contributed by atoms with Crippen molar-refractivity contribution in [3.63, 3.8) is 0 Å². The van der Waals surface area contributed by atoms with Gasteiger partial charge in [-0.1, -0.05) is 0 Å². The quantitative estimate of drug-likeness (QED) is 0.558. The van der Waals surface area contributed by atoms with Crippen LogP contribution in [-0.4, -0.2) is 32.8 Å². The second kappa shape index (κ2) is 4.93. The molecule has 0 saturated heterocycles. The molecule has 1 aromatic rings. The molecule has 0 aliphatic heterocycles. The largest absolute Gasteiger partial charge is 0.461 e. The molecule has 0 radical (unpaired) electrons. The summed E-state index contributed by atoms with van der Waals surface area (Å²) in [5.74, 6) is 4.88. The van der Waals surface area contributed by atoms with Gasteiger partial charge in [0, 0.05) is 0 Å². The summed E-state index contributed by atoms with van der Waals surface area (Å²) < 4.78 is 43.8. The minimum absolute atomic E-state index is 0.0199. The van der Waals surface area contributed by atoms with Gasteiger partial charge in [-0.2, -0.15) is 28.1 Å². The van der Waals surface area contributed by atoms with E-state index in [2.05, 4.69) is 25.7 Å². The average Bonchev–Trinajstić information content (AvgIpc) is 3.08. The summed E-state index contributed by atoms with van der Waals surface area (Å²) in [5.41, 5.74) is 0.199. The lowest BCUT2D eigenvalue weighted by Crippen LogP contribution is -2.39. The number of halogens is 3. The van der Waals surface area contributed by atoms with Crippen molar-refractivity contribution in [1.82, 2.24) is 15.0 Å². The number of nitrogens with one attached hydrogen (secondary N) is 2. The number of aromatic nitrogens is 3. The molecule has 0 unspecified atom stereocenters. The van der Waals surface area contributed by atoms with Crippen molar-refractivity contribution in [2.24, 2.45) is 5.84 Å². The normalized spacial score (nSPS) is 16.9. The molecule has 1 fully saturated rings. The number of ether oxygens (including phenoxy) is 1. The lowest BCUT2D eigenvalue weighted by Gasteiger charge is -2.21. The number of alkyl halides is 3. The highest BCUT2D eigenvalue weighted by Gasteiger charge is 2.64. The molecular weight excluding hydrogens is 277 g/mol. The predicted octanol–water partition coefficient (Wildman–Crippen LogP) is 1.45. The van der Waals surface area contributed by atoms with E-state index >= 15 is 0 Å². The molecule has 2 rings (SSSR count). The van der Waals surface area contributed by atoms with Crippen molar-refractivity contribution in [2.45, 2.75) is 44.5 Å². The molecule has 20 heavy (non-hydrogen) atoms. The molecule has 112 valence electrons.